The highest BCUT2D eigenvalue weighted by Gasteiger charge is 2.17. The molecule has 10 rings (SSSR count). The normalized spacial score (nSPS) is 11.8. The molecule has 0 fully saturated rings. The first kappa shape index (κ1) is 26.8. The summed E-state index contributed by atoms with van der Waals surface area (Å²) in [5.41, 5.74) is 12.1. The third kappa shape index (κ3) is 4.06. The molecule has 0 saturated heterocycles. The highest BCUT2D eigenvalue weighted by Crippen LogP contribution is 2.40. The molecule has 10 aromatic rings. The van der Waals surface area contributed by atoms with Gasteiger partial charge in [0.1, 0.15) is 0 Å². The molecule has 0 unspecified atom stereocenters. The maximum atomic E-state index is 2.43. The van der Waals surface area contributed by atoms with Crippen molar-refractivity contribution in [2.75, 3.05) is 0 Å². The number of nitrogens with zero attached hydrogens (tertiary/aromatic N) is 2. The molecule has 0 atom stereocenters. The van der Waals surface area contributed by atoms with Gasteiger partial charge in [-0.25, -0.2) is 0 Å². The van der Waals surface area contributed by atoms with Gasteiger partial charge in [0, 0.05) is 32.9 Å². The van der Waals surface area contributed by atoms with Gasteiger partial charge in [-0.15, -0.1) is 0 Å². The molecule has 0 aliphatic rings. The molecular weight excluding hydrogens is 581 g/mol. The summed E-state index contributed by atoms with van der Waals surface area (Å²) in [4.78, 5) is 0. The van der Waals surface area contributed by atoms with E-state index in [1.807, 2.05) is 0 Å². The summed E-state index contributed by atoms with van der Waals surface area (Å²) >= 11 is 0. The second kappa shape index (κ2) is 10.6. The number of rotatable bonds is 4. The molecule has 8 aromatic carbocycles. The van der Waals surface area contributed by atoms with Crippen molar-refractivity contribution in [3.63, 3.8) is 0 Å². The Bertz CT molecular complexity index is 2820. The largest absolute Gasteiger partial charge is 0.309 e. The molecular formula is C46H30N2. The van der Waals surface area contributed by atoms with Crippen molar-refractivity contribution in [2.24, 2.45) is 0 Å². The van der Waals surface area contributed by atoms with E-state index in [4.69, 9.17) is 0 Å². The van der Waals surface area contributed by atoms with Crippen molar-refractivity contribution in [3.05, 3.63) is 182 Å². The Kier molecular flexibility index (Phi) is 5.91. The van der Waals surface area contributed by atoms with Crippen LogP contribution in [0.3, 0.4) is 0 Å². The molecule has 2 heterocycles. The Labute approximate surface area is 278 Å². The van der Waals surface area contributed by atoms with Gasteiger partial charge in [-0.3, -0.25) is 0 Å². The van der Waals surface area contributed by atoms with Crippen LogP contribution < -0.4 is 0 Å². The van der Waals surface area contributed by atoms with Crippen LogP contribution in [0.2, 0.25) is 0 Å². The second-order valence-corrected chi connectivity index (χ2v) is 12.6. The van der Waals surface area contributed by atoms with E-state index < -0.39 is 0 Å². The molecule has 0 spiro atoms. The van der Waals surface area contributed by atoms with Crippen molar-refractivity contribution < 1.29 is 0 Å². The molecule has 0 aliphatic heterocycles. The minimum Gasteiger partial charge on any atom is -0.309 e. The maximum Gasteiger partial charge on any atom is 0.0541 e. The predicted octanol–water partition coefficient (Wildman–Crippen LogP) is 12.4. The standard InChI is InChI=1S/C46H30N2/c1-3-13-31(14-4-1)40-30-36(27-34-15-7-8-18-37(34)40)48-44-22-12-10-20-39(44)42-29-33(24-26-46(42)48)32-23-25-45-41(28-32)38-19-9-11-21-43(38)47(45)35-16-5-2-6-17-35/h1-30H. The summed E-state index contributed by atoms with van der Waals surface area (Å²) in [6, 6.07) is 66.2. The fourth-order valence-electron chi connectivity index (χ4n) is 7.72. The summed E-state index contributed by atoms with van der Waals surface area (Å²) in [6.07, 6.45) is 0. The van der Waals surface area contributed by atoms with Gasteiger partial charge < -0.3 is 9.13 Å². The molecule has 0 bridgehead atoms. The summed E-state index contributed by atoms with van der Waals surface area (Å²) in [7, 11) is 0. The smallest absolute Gasteiger partial charge is 0.0541 e. The Balaban J connectivity index is 1.18. The Morgan fingerprint density at radius 3 is 1.38 bits per heavy atom. The number of hydrogen-bond acceptors (Lipinski definition) is 0. The van der Waals surface area contributed by atoms with Crippen molar-refractivity contribution in [1.82, 2.24) is 9.13 Å². The topological polar surface area (TPSA) is 9.86 Å². The van der Waals surface area contributed by atoms with Crippen LogP contribution in [0.15, 0.2) is 182 Å². The second-order valence-electron chi connectivity index (χ2n) is 12.6. The van der Waals surface area contributed by atoms with Gasteiger partial charge in [0.15, 0.2) is 0 Å². The Morgan fingerprint density at radius 2 is 0.750 bits per heavy atom. The molecule has 0 amide bonds. The van der Waals surface area contributed by atoms with Crippen LogP contribution in [0, 0.1) is 0 Å². The fourth-order valence-corrected chi connectivity index (χ4v) is 7.72. The predicted molar refractivity (Wildman–Crippen MR) is 203 cm³/mol. The third-order valence-electron chi connectivity index (χ3n) is 9.88. The average Bonchev–Trinajstić information content (AvgIpc) is 3.67. The van der Waals surface area contributed by atoms with Crippen LogP contribution in [0.25, 0.3) is 88.0 Å². The van der Waals surface area contributed by atoms with Crippen LogP contribution in [0.4, 0.5) is 0 Å². The first-order valence-corrected chi connectivity index (χ1v) is 16.5. The van der Waals surface area contributed by atoms with E-state index >= 15 is 0 Å². The molecule has 0 N–H and O–H groups in total. The number of aromatic nitrogens is 2. The van der Waals surface area contributed by atoms with E-state index in [1.54, 1.807) is 0 Å². The van der Waals surface area contributed by atoms with E-state index in [9.17, 15) is 0 Å². The average molecular weight is 611 g/mol. The quantitative estimate of drug-likeness (QED) is 0.188. The first-order valence-electron chi connectivity index (χ1n) is 16.5. The molecule has 2 nitrogen and oxygen atoms in total. The van der Waals surface area contributed by atoms with E-state index in [-0.39, 0.29) is 0 Å². The lowest BCUT2D eigenvalue weighted by Crippen LogP contribution is -1.95. The molecule has 48 heavy (non-hydrogen) atoms. The van der Waals surface area contributed by atoms with Gasteiger partial charge in [-0.1, -0.05) is 121 Å². The highest BCUT2D eigenvalue weighted by atomic mass is 15.0. The summed E-state index contributed by atoms with van der Waals surface area (Å²) < 4.78 is 4.81. The van der Waals surface area contributed by atoms with E-state index in [1.165, 1.54) is 88.0 Å². The number of fused-ring (bicyclic) bond motifs is 7. The number of benzene rings is 8. The zero-order valence-electron chi connectivity index (χ0n) is 26.2. The van der Waals surface area contributed by atoms with Crippen LogP contribution in [-0.2, 0) is 0 Å². The molecule has 0 radical (unpaired) electrons. The Morgan fingerprint density at radius 1 is 0.271 bits per heavy atom. The van der Waals surface area contributed by atoms with E-state index in [2.05, 4.69) is 191 Å². The van der Waals surface area contributed by atoms with Crippen LogP contribution in [0.1, 0.15) is 0 Å². The van der Waals surface area contributed by atoms with Gasteiger partial charge in [0.25, 0.3) is 0 Å². The van der Waals surface area contributed by atoms with E-state index in [0.717, 1.165) is 0 Å². The summed E-state index contributed by atoms with van der Waals surface area (Å²) in [6.45, 7) is 0. The first-order chi connectivity index (χ1) is 23.8. The fraction of sp³-hybridized carbons (Fsp3) is 0. The highest BCUT2D eigenvalue weighted by molar-refractivity contribution is 6.13. The minimum atomic E-state index is 1.17. The summed E-state index contributed by atoms with van der Waals surface area (Å²) in [5, 5.41) is 7.54. The van der Waals surface area contributed by atoms with Crippen molar-refractivity contribution >= 4 is 54.4 Å². The lowest BCUT2D eigenvalue weighted by atomic mass is 9.97. The molecule has 224 valence electrons. The van der Waals surface area contributed by atoms with Crippen LogP contribution >= 0.6 is 0 Å². The zero-order valence-corrected chi connectivity index (χ0v) is 26.2. The molecule has 2 heteroatoms. The summed E-state index contributed by atoms with van der Waals surface area (Å²) in [5.74, 6) is 0. The zero-order chi connectivity index (χ0) is 31.6. The minimum absolute atomic E-state index is 1.17. The van der Waals surface area contributed by atoms with Gasteiger partial charge in [-0.05, 0) is 93.7 Å². The van der Waals surface area contributed by atoms with E-state index in [0.29, 0.717) is 0 Å². The van der Waals surface area contributed by atoms with Crippen LogP contribution in [-0.4, -0.2) is 9.13 Å². The monoisotopic (exact) mass is 610 g/mol. The van der Waals surface area contributed by atoms with Crippen molar-refractivity contribution in [3.8, 4) is 33.6 Å². The number of para-hydroxylation sites is 3. The van der Waals surface area contributed by atoms with Crippen LogP contribution in [0.5, 0.6) is 0 Å². The third-order valence-corrected chi connectivity index (χ3v) is 9.88. The molecule has 2 aromatic heterocycles. The van der Waals surface area contributed by atoms with Gasteiger partial charge in [0.2, 0.25) is 0 Å². The Hall–Kier alpha value is -6.38. The molecule has 0 saturated carbocycles. The SMILES string of the molecule is c1ccc(-c2cc(-n3c4ccccc4c4cc(-c5ccc6c(c5)c5ccccc5n6-c5ccccc5)ccc43)cc3ccccc23)cc1. The lowest BCUT2D eigenvalue weighted by Gasteiger charge is -2.14. The van der Waals surface area contributed by atoms with Crippen molar-refractivity contribution in [1.29, 1.82) is 0 Å². The van der Waals surface area contributed by atoms with Gasteiger partial charge in [0.05, 0.1) is 22.1 Å². The van der Waals surface area contributed by atoms with Gasteiger partial charge >= 0.3 is 0 Å². The lowest BCUT2D eigenvalue weighted by molar-refractivity contribution is 1.18. The maximum absolute atomic E-state index is 2.43. The number of hydrogen-bond donors (Lipinski definition) is 0. The van der Waals surface area contributed by atoms with Crippen molar-refractivity contribution in [2.45, 2.75) is 0 Å². The van der Waals surface area contributed by atoms with Gasteiger partial charge in [-0.2, -0.15) is 0 Å². The molecule has 0 aliphatic carbocycles.